The second-order valence-electron chi connectivity index (χ2n) is 7.72. The van der Waals surface area contributed by atoms with Crippen LogP contribution >= 0.6 is 0 Å². The van der Waals surface area contributed by atoms with Crippen LogP contribution in [0.5, 0.6) is 0 Å². The van der Waals surface area contributed by atoms with Gasteiger partial charge in [0.1, 0.15) is 0 Å². The van der Waals surface area contributed by atoms with Crippen molar-refractivity contribution in [3.05, 3.63) is 35.9 Å². The van der Waals surface area contributed by atoms with E-state index in [-0.39, 0.29) is 0 Å². The van der Waals surface area contributed by atoms with Gasteiger partial charge in [0, 0.05) is 6.42 Å². The Balaban J connectivity index is 2.20. The molecule has 0 aliphatic heterocycles. The van der Waals surface area contributed by atoms with E-state index in [4.69, 9.17) is 5.11 Å². The van der Waals surface area contributed by atoms with Crippen LogP contribution in [0.3, 0.4) is 0 Å². The Morgan fingerprint density at radius 1 is 0.769 bits per heavy atom. The van der Waals surface area contributed by atoms with Crippen LogP contribution in [0.1, 0.15) is 115 Å². The molecule has 1 unspecified atom stereocenters. The Hall–Kier alpha value is -1.31. The van der Waals surface area contributed by atoms with Crippen LogP contribution in [0, 0.1) is 0 Å². The van der Waals surface area contributed by atoms with Crippen molar-refractivity contribution in [3.63, 3.8) is 0 Å². The summed E-state index contributed by atoms with van der Waals surface area (Å²) in [5.41, 5.74) is 1.52. The molecule has 0 aliphatic rings. The van der Waals surface area contributed by atoms with Gasteiger partial charge in [-0.1, -0.05) is 108 Å². The normalized spacial score (nSPS) is 12.2. The molecule has 0 spiro atoms. The smallest absolute Gasteiger partial charge is 0.303 e. The first-order valence-corrected chi connectivity index (χ1v) is 11.0. The molecule has 0 saturated carbocycles. The molecular formula is C24H40O2. The highest BCUT2D eigenvalue weighted by Gasteiger charge is 2.10. The van der Waals surface area contributed by atoms with Gasteiger partial charge >= 0.3 is 5.97 Å². The minimum Gasteiger partial charge on any atom is -0.481 e. The summed E-state index contributed by atoms with van der Waals surface area (Å²) in [6.07, 6.45) is 18.1. The van der Waals surface area contributed by atoms with Crippen LogP contribution in [-0.2, 0) is 4.79 Å². The van der Waals surface area contributed by atoms with E-state index in [2.05, 4.69) is 37.3 Å². The third-order valence-electron chi connectivity index (χ3n) is 5.37. The first-order valence-electron chi connectivity index (χ1n) is 11.0. The second-order valence-corrected chi connectivity index (χ2v) is 7.72. The van der Waals surface area contributed by atoms with E-state index < -0.39 is 5.97 Å². The zero-order valence-electron chi connectivity index (χ0n) is 16.9. The Labute approximate surface area is 161 Å². The quantitative estimate of drug-likeness (QED) is 0.289. The highest BCUT2D eigenvalue weighted by atomic mass is 16.4. The Kier molecular flexibility index (Phi) is 13.9. The fourth-order valence-corrected chi connectivity index (χ4v) is 3.75. The number of carboxylic acids is 1. The molecule has 26 heavy (non-hydrogen) atoms. The fraction of sp³-hybridized carbons (Fsp3) is 0.708. The van der Waals surface area contributed by atoms with Crippen LogP contribution < -0.4 is 0 Å². The van der Waals surface area contributed by atoms with E-state index in [1.54, 1.807) is 0 Å². The predicted molar refractivity (Wildman–Crippen MR) is 112 cm³/mol. The fourth-order valence-electron chi connectivity index (χ4n) is 3.75. The average Bonchev–Trinajstić information content (AvgIpc) is 2.65. The lowest BCUT2D eigenvalue weighted by Gasteiger charge is -2.17. The number of rotatable bonds is 17. The van der Waals surface area contributed by atoms with Gasteiger partial charge < -0.3 is 5.11 Å². The molecule has 0 saturated heterocycles. The van der Waals surface area contributed by atoms with Gasteiger partial charge in [-0.3, -0.25) is 4.79 Å². The van der Waals surface area contributed by atoms with Gasteiger partial charge in [0.15, 0.2) is 0 Å². The van der Waals surface area contributed by atoms with Crippen molar-refractivity contribution in [1.29, 1.82) is 0 Å². The van der Waals surface area contributed by atoms with Crippen LogP contribution in [0.25, 0.3) is 0 Å². The van der Waals surface area contributed by atoms with E-state index in [1.807, 2.05) is 0 Å². The van der Waals surface area contributed by atoms with Crippen LogP contribution in [-0.4, -0.2) is 11.1 Å². The first-order chi connectivity index (χ1) is 12.7. The molecule has 0 aliphatic carbocycles. The third kappa shape index (κ3) is 12.1. The molecule has 2 nitrogen and oxygen atoms in total. The zero-order valence-corrected chi connectivity index (χ0v) is 16.9. The van der Waals surface area contributed by atoms with E-state index in [1.165, 1.54) is 82.6 Å². The second kappa shape index (κ2) is 15.9. The summed E-state index contributed by atoms with van der Waals surface area (Å²) in [4.78, 5) is 10.5. The van der Waals surface area contributed by atoms with E-state index in [0.717, 1.165) is 18.8 Å². The lowest BCUT2D eigenvalue weighted by atomic mass is 9.88. The van der Waals surface area contributed by atoms with Gasteiger partial charge in [-0.05, 0) is 30.7 Å². The number of carboxylic acid groups (broad SMARTS) is 1. The van der Waals surface area contributed by atoms with Crippen LogP contribution in [0.15, 0.2) is 30.3 Å². The summed E-state index contributed by atoms with van der Waals surface area (Å²) >= 11 is 0. The predicted octanol–water partition coefficient (Wildman–Crippen LogP) is 7.73. The first kappa shape index (κ1) is 22.7. The molecule has 0 bridgehead atoms. The minimum atomic E-state index is -0.662. The number of unbranched alkanes of at least 4 members (excludes halogenated alkanes) is 10. The van der Waals surface area contributed by atoms with Gasteiger partial charge in [0.05, 0.1) is 0 Å². The molecule has 0 fully saturated rings. The minimum absolute atomic E-state index is 0.328. The van der Waals surface area contributed by atoms with Crippen molar-refractivity contribution < 1.29 is 9.90 Å². The molecule has 0 amide bonds. The lowest BCUT2D eigenvalue weighted by Crippen LogP contribution is -2.00. The Bertz CT molecular complexity index is 441. The maximum absolute atomic E-state index is 10.5. The molecule has 148 valence electrons. The maximum Gasteiger partial charge on any atom is 0.303 e. The van der Waals surface area contributed by atoms with E-state index in [9.17, 15) is 4.79 Å². The summed E-state index contributed by atoms with van der Waals surface area (Å²) in [6.45, 7) is 2.28. The highest BCUT2D eigenvalue weighted by Crippen LogP contribution is 2.28. The molecule has 1 aromatic carbocycles. The number of benzene rings is 1. The number of carbonyl (C=O) groups is 1. The van der Waals surface area contributed by atoms with Crippen molar-refractivity contribution in [3.8, 4) is 0 Å². The monoisotopic (exact) mass is 360 g/mol. The van der Waals surface area contributed by atoms with Gasteiger partial charge in [-0.15, -0.1) is 0 Å². The van der Waals surface area contributed by atoms with Crippen molar-refractivity contribution in [2.45, 2.75) is 109 Å². The van der Waals surface area contributed by atoms with Gasteiger partial charge in [-0.25, -0.2) is 0 Å². The molecule has 1 N–H and O–H groups in total. The highest BCUT2D eigenvalue weighted by molar-refractivity contribution is 5.66. The van der Waals surface area contributed by atoms with Gasteiger partial charge in [-0.2, -0.15) is 0 Å². The molecule has 1 atom stereocenters. The van der Waals surface area contributed by atoms with Gasteiger partial charge in [0.25, 0.3) is 0 Å². The molecule has 1 rings (SSSR count). The van der Waals surface area contributed by atoms with Crippen LogP contribution in [0.4, 0.5) is 0 Å². The maximum atomic E-state index is 10.5. The zero-order chi connectivity index (χ0) is 18.9. The van der Waals surface area contributed by atoms with Crippen LogP contribution in [0.2, 0.25) is 0 Å². The van der Waals surface area contributed by atoms with E-state index in [0.29, 0.717) is 6.42 Å². The van der Waals surface area contributed by atoms with Crippen molar-refractivity contribution in [2.24, 2.45) is 0 Å². The van der Waals surface area contributed by atoms with Crippen molar-refractivity contribution in [2.75, 3.05) is 0 Å². The number of hydrogen-bond donors (Lipinski definition) is 1. The topological polar surface area (TPSA) is 37.3 Å². The lowest BCUT2D eigenvalue weighted by molar-refractivity contribution is -0.137. The van der Waals surface area contributed by atoms with E-state index >= 15 is 0 Å². The van der Waals surface area contributed by atoms with Crippen molar-refractivity contribution in [1.82, 2.24) is 0 Å². The summed E-state index contributed by atoms with van der Waals surface area (Å²) < 4.78 is 0. The number of aliphatic carboxylic acids is 1. The number of hydrogen-bond acceptors (Lipinski definition) is 1. The molecule has 1 aromatic rings. The molecule has 0 heterocycles. The molecular weight excluding hydrogens is 320 g/mol. The Morgan fingerprint density at radius 2 is 1.27 bits per heavy atom. The molecule has 2 heteroatoms. The van der Waals surface area contributed by atoms with Gasteiger partial charge in [0.2, 0.25) is 0 Å². The molecule has 0 radical (unpaired) electrons. The standard InChI is InChI=1S/C24H40O2/c1-2-3-4-5-8-12-17-22(23-19-14-11-15-20-23)18-13-9-6-7-10-16-21-24(25)26/h11,14-15,19-20,22H,2-10,12-13,16-18,21H2,1H3,(H,25,26). The summed E-state index contributed by atoms with van der Waals surface area (Å²) in [7, 11) is 0. The third-order valence-corrected chi connectivity index (χ3v) is 5.37. The SMILES string of the molecule is CCCCCCCCC(CCCCCCCCC(=O)O)c1ccccc1. The summed E-state index contributed by atoms with van der Waals surface area (Å²) in [6, 6.07) is 11.1. The molecule has 0 aromatic heterocycles. The summed E-state index contributed by atoms with van der Waals surface area (Å²) in [5, 5.41) is 8.65. The average molecular weight is 361 g/mol. The largest absolute Gasteiger partial charge is 0.481 e. The Morgan fingerprint density at radius 3 is 1.81 bits per heavy atom. The summed E-state index contributed by atoms with van der Waals surface area (Å²) in [5.74, 6) is 0.0554. The van der Waals surface area contributed by atoms with Crippen molar-refractivity contribution >= 4 is 5.97 Å².